The summed E-state index contributed by atoms with van der Waals surface area (Å²) < 4.78 is 7.36. The molecule has 0 fully saturated rings. The lowest BCUT2D eigenvalue weighted by Crippen LogP contribution is -2.26. The van der Waals surface area contributed by atoms with E-state index >= 15 is 0 Å². The van der Waals surface area contributed by atoms with Crippen molar-refractivity contribution in [3.05, 3.63) is 39.5 Å². The van der Waals surface area contributed by atoms with E-state index in [1.54, 1.807) is 23.7 Å². The maximum absolute atomic E-state index is 12.9. The van der Waals surface area contributed by atoms with Crippen LogP contribution in [0.15, 0.2) is 28.2 Å². The number of hydrogen-bond acceptors (Lipinski definition) is 8. The molecule has 0 aliphatic carbocycles. The summed E-state index contributed by atoms with van der Waals surface area (Å²) in [6.45, 7) is 0.948. The summed E-state index contributed by atoms with van der Waals surface area (Å²) in [5.74, 6) is 0. The Balaban J connectivity index is 1.60. The van der Waals surface area contributed by atoms with E-state index in [9.17, 15) is 4.79 Å². The standard InChI is InChI=1S/C15H14N8OS2/c1-22-12-9(5-18-23(15(12)24)6-11-16-7-19-26-11)13-14(22)20-10(25-13)4-8-2-3-17-21-8/h2-3,5,19H,4,6-7H2,1H3,(H,17,21). The van der Waals surface area contributed by atoms with E-state index in [4.69, 9.17) is 4.98 Å². The molecule has 0 saturated carbocycles. The molecule has 0 atom stereocenters. The monoisotopic (exact) mass is 386 g/mol. The van der Waals surface area contributed by atoms with Crippen molar-refractivity contribution in [2.24, 2.45) is 12.0 Å². The van der Waals surface area contributed by atoms with Gasteiger partial charge in [-0.05, 0) is 18.0 Å². The van der Waals surface area contributed by atoms with Gasteiger partial charge in [0.05, 0.1) is 24.1 Å². The highest BCUT2D eigenvalue weighted by Gasteiger charge is 2.19. The van der Waals surface area contributed by atoms with Crippen molar-refractivity contribution >= 4 is 49.6 Å². The molecule has 4 aromatic heterocycles. The second kappa shape index (κ2) is 6.04. The highest BCUT2D eigenvalue weighted by atomic mass is 32.2. The Morgan fingerprint density at radius 3 is 3.08 bits per heavy atom. The van der Waals surface area contributed by atoms with Crippen LogP contribution in [0.25, 0.3) is 21.3 Å². The summed E-state index contributed by atoms with van der Waals surface area (Å²) >= 11 is 3.03. The van der Waals surface area contributed by atoms with E-state index in [0.29, 0.717) is 25.2 Å². The fourth-order valence-electron chi connectivity index (χ4n) is 3.05. The molecular weight excluding hydrogens is 372 g/mol. The Hall–Kier alpha value is -2.50. The van der Waals surface area contributed by atoms with Gasteiger partial charge in [-0.1, -0.05) is 0 Å². The number of aromatic amines is 1. The lowest BCUT2D eigenvalue weighted by Gasteiger charge is -2.04. The molecule has 9 nitrogen and oxygen atoms in total. The van der Waals surface area contributed by atoms with Crippen LogP contribution >= 0.6 is 23.3 Å². The van der Waals surface area contributed by atoms with E-state index in [-0.39, 0.29) is 5.56 Å². The number of nitrogens with one attached hydrogen (secondary N) is 2. The summed E-state index contributed by atoms with van der Waals surface area (Å²) in [5, 5.41) is 13.9. The van der Waals surface area contributed by atoms with Gasteiger partial charge in [-0.25, -0.2) is 14.4 Å². The number of nitrogens with zero attached hydrogens (tertiary/aromatic N) is 6. The van der Waals surface area contributed by atoms with Crippen LogP contribution in [0.3, 0.4) is 0 Å². The Morgan fingerprint density at radius 1 is 1.38 bits per heavy atom. The molecule has 5 heterocycles. The van der Waals surface area contributed by atoms with Gasteiger partial charge in [0.2, 0.25) is 0 Å². The summed E-state index contributed by atoms with van der Waals surface area (Å²) in [6.07, 6.45) is 4.17. The van der Waals surface area contributed by atoms with E-state index in [0.717, 1.165) is 31.5 Å². The summed E-state index contributed by atoms with van der Waals surface area (Å²) in [7, 11) is 1.87. The molecule has 0 spiro atoms. The molecule has 0 bridgehead atoms. The molecule has 132 valence electrons. The van der Waals surface area contributed by atoms with Crippen LogP contribution in [-0.4, -0.2) is 41.2 Å². The van der Waals surface area contributed by atoms with Gasteiger partial charge >= 0.3 is 0 Å². The van der Waals surface area contributed by atoms with Crippen molar-refractivity contribution in [1.29, 1.82) is 0 Å². The Labute approximate surface area is 155 Å². The third-order valence-corrected chi connectivity index (χ3v) is 6.11. The minimum atomic E-state index is -0.125. The number of H-pyrrole nitrogens is 1. The molecule has 11 heteroatoms. The molecule has 5 rings (SSSR count). The molecule has 0 unspecified atom stereocenters. The minimum Gasteiger partial charge on any atom is -0.323 e. The Bertz CT molecular complexity index is 1200. The van der Waals surface area contributed by atoms with Gasteiger partial charge in [-0.3, -0.25) is 14.9 Å². The van der Waals surface area contributed by atoms with Gasteiger partial charge < -0.3 is 4.57 Å². The normalized spacial score (nSPS) is 14.6. The van der Waals surface area contributed by atoms with E-state index in [2.05, 4.69) is 25.0 Å². The quantitative estimate of drug-likeness (QED) is 0.512. The summed E-state index contributed by atoms with van der Waals surface area (Å²) in [5.41, 5.74) is 2.32. The van der Waals surface area contributed by atoms with Crippen LogP contribution < -0.4 is 10.3 Å². The first kappa shape index (κ1) is 15.7. The van der Waals surface area contributed by atoms with Crippen LogP contribution in [0, 0.1) is 0 Å². The molecule has 0 amide bonds. The van der Waals surface area contributed by atoms with E-state index in [1.165, 1.54) is 16.6 Å². The molecule has 26 heavy (non-hydrogen) atoms. The van der Waals surface area contributed by atoms with Gasteiger partial charge in [0.15, 0.2) is 5.65 Å². The lowest BCUT2D eigenvalue weighted by molar-refractivity contribution is 0.679. The fraction of sp³-hybridized carbons (Fsp3) is 0.267. The molecular formula is C15H14N8OS2. The third kappa shape index (κ3) is 2.47. The predicted molar refractivity (Wildman–Crippen MR) is 103 cm³/mol. The molecule has 4 aromatic rings. The highest BCUT2D eigenvalue weighted by molar-refractivity contribution is 8.12. The lowest BCUT2D eigenvalue weighted by atomic mass is 10.3. The molecule has 2 N–H and O–H groups in total. The topological polar surface area (TPSA) is 106 Å². The number of aryl methyl sites for hydroxylation is 1. The smallest absolute Gasteiger partial charge is 0.291 e. The minimum absolute atomic E-state index is 0.125. The van der Waals surface area contributed by atoms with Gasteiger partial charge in [0, 0.05) is 30.7 Å². The third-order valence-electron chi connectivity index (χ3n) is 4.26. The van der Waals surface area contributed by atoms with Crippen LogP contribution in [-0.2, 0) is 20.0 Å². The molecule has 1 aliphatic heterocycles. The number of aliphatic imine (C=N–C) groups is 1. The highest BCUT2D eigenvalue weighted by Crippen LogP contribution is 2.31. The van der Waals surface area contributed by atoms with Crippen molar-refractivity contribution in [2.45, 2.75) is 13.0 Å². The van der Waals surface area contributed by atoms with Crippen molar-refractivity contribution in [3.63, 3.8) is 0 Å². The maximum atomic E-state index is 12.9. The maximum Gasteiger partial charge on any atom is 0.291 e. The predicted octanol–water partition coefficient (Wildman–Crippen LogP) is 1.27. The van der Waals surface area contributed by atoms with E-state index in [1.807, 2.05) is 17.7 Å². The van der Waals surface area contributed by atoms with E-state index < -0.39 is 0 Å². The SMILES string of the molecule is Cn1c2nc(Cc3ccn[nH]3)sc2c2cnn(CC3=NCNS3)c(=O)c21. The van der Waals surface area contributed by atoms with Crippen LogP contribution in [0.5, 0.6) is 0 Å². The average Bonchev–Trinajstić information content (AvgIpc) is 3.39. The zero-order chi connectivity index (χ0) is 17.7. The zero-order valence-corrected chi connectivity index (χ0v) is 15.4. The molecule has 0 radical (unpaired) electrons. The van der Waals surface area contributed by atoms with Gasteiger partial charge in [0.25, 0.3) is 5.56 Å². The molecule has 0 saturated heterocycles. The first-order valence-corrected chi connectivity index (χ1v) is 9.59. The Kier molecular flexibility index (Phi) is 3.65. The molecule has 0 aromatic carbocycles. The van der Waals surface area contributed by atoms with Gasteiger partial charge in [0.1, 0.15) is 15.6 Å². The second-order valence-corrected chi connectivity index (χ2v) is 7.95. The number of aromatic nitrogens is 6. The van der Waals surface area contributed by atoms with Crippen LogP contribution in [0.1, 0.15) is 10.7 Å². The summed E-state index contributed by atoms with van der Waals surface area (Å²) in [6, 6.07) is 1.93. The molecule has 1 aliphatic rings. The first-order valence-electron chi connectivity index (χ1n) is 7.96. The second-order valence-electron chi connectivity index (χ2n) is 5.90. The van der Waals surface area contributed by atoms with Crippen molar-refractivity contribution < 1.29 is 0 Å². The zero-order valence-electron chi connectivity index (χ0n) is 13.8. The van der Waals surface area contributed by atoms with Crippen molar-refractivity contribution in [3.8, 4) is 0 Å². The number of rotatable bonds is 4. The number of thiazole rings is 1. The number of hydrogen-bond donors (Lipinski definition) is 2. The van der Waals surface area contributed by atoms with Crippen molar-refractivity contribution in [1.82, 2.24) is 34.3 Å². The Morgan fingerprint density at radius 2 is 2.31 bits per heavy atom. The van der Waals surface area contributed by atoms with Gasteiger partial charge in [-0.15, -0.1) is 11.3 Å². The largest absolute Gasteiger partial charge is 0.323 e. The average molecular weight is 386 g/mol. The van der Waals surface area contributed by atoms with Crippen LogP contribution in [0.4, 0.5) is 0 Å². The first-order chi connectivity index (χ1) is 12.7. The van der Waals surface area contributed by atoms with Gasteiger partial charge in [-0.2, -0.15) is 10.2 Å². The summed E-state index contributed by atoms with van der Waals surface area (Å²) in [4.78, 5) is 21.9. The van der Waals surface area contributed by atoms with Crippen LogP contribution in [0.2, 0.25) is 0 Å². The number of fused-ring (bicyclic) bond motifs is 3. The fourth-order valence-corrected chi connectivity index (χ4v) is 4.79. The van der Waals surface area contributed by atoms with Crippen molar-refractivity contribution in [2.75, 3.05) is 6.67 Å².